The third-order valence-corrected chi connectivity index (χ3v) is 4.45. The van der Waals surface area contributed by atoms with Crippen LogP contribution >= 0.6 is 11.3 Å². The zero-order valence-corrected chi connectivity index (χ0v) is 14.8. The van der Waals surface area contributed by atoms with Gasteiger partial charge in [-0.05, 0) is 36.2 Å². The van der Waals surface area contributed by atoms with Gasteiger partial charge in [-0.15, -0.1) is 11.3 Å². The molecule has 1 aromatic carbocycles. The van der Waals surface area contributed by atoms with Gasteiger partial charge in [0.15, 0.2) is 0 Å². The van der Waals surface area contributed by atoms with Crippen LogP contribution < -0.4 is 10.1 Å². The second-order valence-corrected chi connectivity index (χ2v) is 6.43. The zero-order valence-electron chi connectivity index (χ0n) is 13.9. The van der Waals surface area contributed by atoms with Crippen molar-refractivity contribution in [2.45, 2.75) is 26.4 Å². The molecule has 6 heteroatoms. The molecule has 128 valence electrons. The van der Waals surface area contributed by atoms with Crippen LogP contribution in [-0.4, -0.2) is 15.9 Å². The Balaban J connectivity index is 1.50. The van der Waals surface area contributed by atoms with Gasteiger partial charge in [-0.25, -0.2) is 4.98 Å². The van der Waals surface area contributed by atoms with Gasteiger partial charge in [0.25, 0.3) is 0 Å². The second kappa shape index (κ2) is 8.39. The van der Waals surface area contributed by atoms with E-state index in [1.54, 1.807) is 12.4 Å². The number of anilines is 1. The minimum absolute atomic E-state index is 0.0747. The topological polar surface area (TPSA) is 64.1 Å². The van der Waals surface area contributed by atoms with Crippen molar-refractivity contribution in [3.8, 4) is 5.75 Å². The summed E-state index contributed by atoms with van der Waals surface area (Å²) < 4.78 is 5.61. The lowest BCUT2D eigenvalue weighted by molar-refractivity contribution is -0.115. The van der Waals surface area contributed by atoms with Gasteiger partial charge in [0, 0.05) is 17.3 Å². The first-order valence-electron chi connectivity index (χ1n) is 8.08. The van der Waals surface area contributed by atoms with E-state index in [9.17, 15) is 4.79 Å². The zero-order chi connectivity index (χ0) is 17.5. The van der Waals surface area contributed by atoms with Crippen LogP contribution in [0.25, 0.3) is 0 Å². The van der Waals surface area contributed by atoms with Crippen molar-refractivity contribution < 1.29 is 9.53 Å². The van der Waals surface area contributed by atoms with Crippen LogP contribution in [0, 0.1) is 0 Å². The number of nitrogens with one attached hydrogen (secondary N) is 1. The first-order valence-corrected chi connectivity index (χ1v) is 8.96. The molecule has 0 spiro atoms. The molecule has 0 saturated carbocycles. The fraction of sp³-hybridized carbons (Fsp3) is 0.211. The van der Waals surface area contributed by atoms with Gasteiger partial charge in [-0.3, -0.25) is 9.78 Å². The van der Waals surface area contributed by atoms with Gasteiger partial charge in [0.2, 0.25) is 5.91 Å². The van der Waals surface area contributed by atoms with Crippen LogP contribution in [0.5, 0.6) is 5.75 Å². The number of hydrogen-bond donors (Lipinski definition) is 1. The summed E-state index contributed by atoms with van der Waals surface area (Å²) in [5.74, 6) is 0.627. The minimum Gasteiger partial charge on any atom is -0.485 e. The molecule has 0 bridgehead atoms. The number of aryl methyl sites for hydroxylation is 1. The van der Waals surface area contributed by atoms with E-state index in [0.29, 0.717) is 12.4 Å². The average Bonchev–Trinajstić information content (AvgIpc) is 3.08. The fourth-order valence-electron chi connectivity index (χ4n) is 2.27. The Morgan fingerprint density at radius 2 is 2.08 bits per heavy atom. The van der Waals surface area contributed by atoms with E-state index in [2.05, 4.69) is 22.2 Å². The predicted molar refractivity (Wildman–Crippen MR) is 98.8 cm³/mol. The Bertz CT molecular complexity index is 816. The Kier molecular flexibility index (Phi) is 5.74. The number of nitrogens with zero attached hydrogens (tertiary/aromatic N) is 2. The minimum atomic E-state index is -0.0747. The smallest absolute Gasteiger partial charge is 0.230 e. The molecule has 2 aromatic heterocycles. The molecule has 1 amide bonds. The highest BCUT2D eigenvalue weighted by Crippen LogP contribution is 2.15. The Morgan fingerprint density at radius 3 is 2.80 bits per heavy atom. The number of carbonyl (C=O) groups excluding carboxylic acids is 1. The van der Waals surface area contributed by atoms with Gasteiger partial charge in [-0.2, -0.15) is 0 Å². The lowest BCUT2D eigenvalue weighted by atomic mass is 10.1. The van der Waals surface area contributed by atoms with E-state index in [4.69, 9.17) is 4.74 Å². The quantitative estimate of drug-likeness (QED) is 0.700. The third-order valence-electron chi connectivity index (χ3n) is 3.58. The maximum absolute atomic E-state index is 12.1. The largest absolute Gasteiger partial charge is 0.485 e. The van der Waals surface area contributed by atoms with Crippen LogP contribution in [0.3, 0.4) is 0 Å². The van der Waals surface area contributed by atoms with Crippen LogP contribution in [0.1, 0.15) is 23.2 Å². The Hall–Kier alpha value is -2.73. The van der Waals surface area contributed by atoms with Crippen molar-refractivity contribution in [1.82, 2.24) is 9.97 Å². The Labute approximate surface area is 150 Å². The normalized spacial score (nSPS) is 10.4. The molecule has 2 heterocycles. The van der Waals surface area contributed by atoms with Crippen molar-refractivity contribution in [3.05, 3.63) is 70.4 Å². The monoisotopic (exact) mass is 353 g/mol. The lowest BCUT2D eigenvalue weighted by Gasteiger charge is -2.05. The van der Waals surface area contributed by atoms with Crippen molar-refractivity contribution in [2.75, 3.05) is 5.32 Å². The summed E-state index contributed by atoms with van der Waals surface area (Å²) in [4.78, 5) is 20.6. The second-order valence-electron chi connectivity index (χ2n) is 5.49. The van der Waals surface area contributed by atoms with Crippen LogP contribution in [0.2, 0.25) is 0 Å². The van der Waals surface area contributed by atoms with Gasteiger partial charge in [-0.1, -0.05) is 19.1 Å². The number of benzene rings is 1. The first kappa shape index (κ1) is 17.1. The molecule has 3 rings (SSSR count). The molecule has 5 nitrogen and oxygen atoms in total. The molecule has 0 atom stereocenters. The van der Waals surface area contributed by atoms with Crippen molar-refractivity contribution in [1.29, 1.82) is 0 Å². The summed E-state index contributed by atoms with van der Waals surface area (Å²) in [7, 11) is 0. The average molecular weight is 353 g/mol. The third kappa shape index (κ3) is 5.12. The highest BCUT2D eigenvalue weighted by molar-refractivity contribution is 7.09. The van der Waals surface area contributed by atoms with E-state index in [0.717, 1.165) is 22.8 Å². The number of hydrogen-bond acceptors (Lipinski definition) is 5. The molecule has 0 aliphatic carbocycles. The van der Waals surface area contributed by atoms with Gasteiger partial charge < -0.3 is 10.1 Å². The SMILES string of the molecule is CCc1ccc(NC(=O)Cc2csc(COc3cccnc3)n2)cc1. The molecule has 25 heavy (non-hydrogen) atoms. The molecule has 0 fully saturated rings. The van der Waals surface area contributed by atoms with E-state index >= 15 is 0 Å². The summed E-state index contributed by atoms with van der Waals surface area (Å²) in [5.41, 5.74) is 2.80. The maximum atomic E-state index is 12.1. The fourth-order valence-corrected chi connectivity index (χ4v) is 2.97. The van der Waals surface area contributed by atoms with E-state index in [-0.39, 0.29) is 12.3 Å². The number of aromatic nitrogens is 2. The van der Waals surface area contributed by atoms with Crippen molar-refractivity contribution >= 4 is 22.9 Å². The highest BCUT2D eigenvalue weighted by Gasteiger charge is 2.09. The number of thiazole rings is 1. The van der Waals surface area contributed by atoms with Gasteiger partial charge in [0.05, 0.1) is 18.3 Å². The standard InChI is InChI=1S/C19H19N3O2S/c1-2-14-5-7-15(8-6-14)21-18(23)10-16-13-25-19(22-16)12-24-17-4-3-9-20-11-17/h3-9,11,13H,2,10,12H2,1H3,(H,21,23). The van der Waals surface area contributed by atoms with Gasteiger partial charge in [0.1, 0.15) is 17.4 Å². The lowest BCUT2D eigenvalue weighted by Crippen LogP contribution is -2.14. The number of carbonyl (C=O) groups is 1. The van der Waals surface area contributed by atoms with Crippen molar-refractivity contribution in [2.24, 2.45) is 0 Å². The molecular weight excluding hydrogens is 334 g/mol. The van der Waals surface area contributed by atoms with E-state index < -0.39 is 0 Å². The van der Waals surface area contributed by atoms with Crippen molar-refractivity contribution in [3.63, 3.8) is 0 Å². The molecule has 1 N–H and O–H groups in total. The molecule has 0 radical (unpaired) electrons. The number of ether oxygens (including phenoxy) is 1. The van der Waals surface area contributed by atoms with Gasteiger partial charge >= 0.3 is 0 Å². The number of pyridine rings is 1. The Morgan fingerprint density at radius 1 is 1.24 bits per heavy atom. The molecule has 0 aliphatic rings. The summed E-state index contributed by atoms with van der Waals surface area (Å²) in [6, 6.07) is 11.5. The van der Waals surface area contributed by atoms with Crippen LogP contribution in [-0.2, 0) is 24.2 Å². The van der Waals surface area contributed by atoms with E-state index in [1.165, 1.54) is 16.9 Å². The van der Waals surface area contributed by atoms with Crippen LogP contribution in [0.4, 0.5) is 5.69 Å². The molecule has 0 saturated heterocycles. The molecule has 0 aliphatic heterocycles. The summed E-state index contributed by atoms with van der Waals surface area (Å²) in [5, 5.41) is 5.62. The van der Waals surface area contributed by atoms with Crippen LogP contribution in [0.15, 0.2) is 54.2 Å². The first-order chi connectivity index (χ1) is 12.2. The van der Waals surface area contributed by atoms with E-state index in [1.807, 2.05) is 41.8 Å². The molecule has 3 aromatic rings. The summed E-state index contributed by atoms with van der Waals surface area (Å²) in [6.45, 7) is 2.47. The highest BCUT2D eigenvalue weighted by atomic mass is 32.1. The summed E-state index contributed by atoms with van der Waals surface area (Å²) in [6.07, 6.45) is 4.59. The number of rotatable bonds is 7. The summed E-state index contributed by atoms with van der Waals surface area (Å²) >= 11 is 1.49. The number of amides is 1. The molecular formula is C19H19N3O2S. The predicted octanol–water partition coefficient (Wildman–Crippen LogP) is 3.86. The molecule has 0 unspecified atom stereocenters. The maximum Gasteiger partial charge on any atom is 0.230 e.